The zero-order chi connectivity index (χ0) is 18.5. The van der Waals surface area contributed by atoms with Crippen LogP contribution >= 0.6 is 0 Å². The number of nitrogens with two attached hydrogens (primary N) is 1. The Morgan fingerprint density at radius 2 is 1.88 bits per heavy atom. The van der Waals surface area contributed by atoms with Crippen molar-refractivity contribution in [1.82, 2.24) is 10.2 Å². The van der Waals surface area contributed by atoms with Gasteiger partial charge in [0.2, 0.25) is 5.91 Å². The molecule has 0 saturated heterocycles. The first-order valence-corrected chi connectivity index (χ1v) is 8.07. The lowest BCUT2D eigenvalue weighted by Gasteiger charge is -2.17. The van der Waals surface area contributed by atoms with Gasteiger partial charge in [-0.3, -0.25) is 4.79 Å². The zero-order valence-corrected chi connectivity index (χ0v) is 15.3. The molecule has 0 fully saturated rings. The molecule has 1 aromatic carbocycles. The fraction of sp³-hybridized carbons (Fsp3) is 0.444. The minimum atomic E-state index is -0.513. The molecule has 3 N–H and O–H groups in total. The van der Waals surface area contributed by atoms with E-state index in [4.69, 9.17) is 10.5 Å². The van der Waals surface area contributed by atoms with Crippen LogP contribution in [0.25, 0.3) is 0 Å². The third kappa shape index (κ3) is 8.22. The number of benzene rings is 1. The Labute approximate surface area is 147 Å². The summed E-state index contributed by atoms with van der Waals surface area (Å²) < 4.78 is 5.07. The summed E-state index contributed by atoms with van der Waals surface area (Å²) in [5.41, 5.74) is 7.78. The molecule has 138 valence electrons. The Kier molecular flexibility index (Phi) is 10.7. The highest BCUT2D eigenvalue weighted by Crippen LogP contribution is 2.06. The van der Waals surface area contributed by atoms with Gasteiger partial charge in [0.1, 0.15) is 6.61 Å². The smallest absolute Gasteiger partial charge is 0.407 e. The number of rotatable bonds is 6. The number of nitrogen functional groups attached to an aromatic ring is 1. The Morgan fingerprint density at radius 1 is 1.29 bits per heavy atom. The van der Waals surface area contributed by atoms with Crippen molar-refractivity contribution in [2.75, 3.05) is 25.9 Å². The molecule has 0 aliphatic rings. The van der Waals surface area contributed by atoms with Crippen molar-refractivity contribution in [3.8, 4) is 0 Å². The third-order valence-electron chi connectivity index (χ3n) is 3.18. The fourth-order valence-electron chi connectivity index (χ4n) is 1.67. The Balaban J connectivity index is -0.00000127. The van der Waals surface area contributed by atoms with Crippen LogP contribution in [0.4, 0.5) is 10.5 Å². The van der Waals surface area contributed by atoms with E-state index in [9.17, 15) is 9.59 Å². The number of nitrogens with one attached hydrogen (secondary N) is 1. The van der Waals surface area contributed by atoms with Crippen molar-refractivity contribution in [3.05, 3.63) is 41.5 Å². The summed E-state index contributed by atoms with van der Waals surface area (Å²) in [6.07, 6.45) is 1.24. The number of amides is 2. The molecule has 0 aromatic heterocycles. The number of nitrogens with zero attached hydrogens (tertiary/aromatic N) is 1. The first-order valence-electron chi connectivity index (χ1n) is 8.07. The summed E-state index contributed by atoms with van der Waals surface area (Å²) in [4.78, 5) is 24.9. The highest BCUT2D eigenvalue weighted by Gasteiger charge is 2.10. The van der Waals surface area contributed by atoms with Crippen LogP contribution in [0.5, 0.6) is 0 Å². The van der Waals surface area contributed by atoms with Crippen LogP contribution < -0.4 is 11.1 Å². The predicted molar refractivity (Wildman–Crippen MR) is 102 cm³/mol. The lowest BCUT2D eigenvalue weighted by Crippen LogP contribution is -2.36. The molecule has 0 radical (unpaired) electrons. The highest BCUT2D eigenvalue weighted by atomic mass is 16.5. The lowest BCUT2D eigenvalue weighted by molar-refractivity contribution is -0.125. The first kappa shape index (κ1) is 21.5. The molecule has 0 aliphatic carbocycles. The number of likely N-dealkylation sites (N-methyl/N-ethyl adjacent to an activating group) is 1. The molecule has 0 atom stereocenters. The Morgan fingerprint density at radius 3 is 2.42 bits per heavy atom. The van der Waals surface area contributed by atoms with Crippen LogP contribution in [0, 0.1) is 0 Å². The van der Waals surface area contributed by atoms with Crippen molar-refractivity contribution in [2.45, 2.75) is 34.3 Å². The first-order chi connectivity index (χ1) is 11.4. The van der Waals surface area contributed by atoms with E-state index in [1.807, 2.05) is 20.8 Å². The maximum absolute atomic E-state index is 11.8. The van der Waals surface area contributed by atoms with Crippen LogP contribution in [0.15, 0.2) is 35.9 Å². The number of anilines is 1. The molecule has 6 nitrogen and oxygen atoms in total. The summed E-state index contributed by atoms with van der Waals surface area (Å²) in [6.45, 7) is 8.50. The second kappa shape index (κ2) is 12.0. The summed E-state index contributed by atoms with van der Waals surface area (Å²) in [5, 5.41) is 2.61. The second-order valence-electron chi connectivity index (χ2n) is 4.94. The van der Waals surface area contributed by atoms with Gasteiger partial charge in [-0.1, -0.05) is 32.1 Å². The van der Waals surface area contributed by atoms with E-state index in [2.05, 4.69) is 5.32 Å². The molecular formula is C18H33N3O3. The quantitative estimate of drug-likeness (QED) is 0.614. The maximum atomic E-state index is 11.8. The number of carbonyl (C=O) groups is 2. The van der Waals surface area contributed by atoms with Gasteiger partial charge in [0, 0.05) is 34.3 Å². The zero-order valence-electron chi connectivity index (χ0n) is 15.3. The van der Waals surface area contributed by atoms with Gasteiger partial charge in [-0.15, -0.1) is 0 Å². The van der Waals surface area contributed by atoms with E-state index >= 15 is 0 Å². The van der Waals surface area contributed by atoms with E-state index in [0.717, 1.165) is 5.56 Å². The van der Waals surface area contributed by atoms with Gasteiger partial charge in [-0.2, -0.15) is 0 Å². The van der Waals surface area contributed by atoms with E-state index in [1.165, 1.54) is 0 Å². The standard InChI is InChI=1S/C16H23N3O3.C2H6.2H2/c1-4-12(2)15(20)19(3)10-9-18-16(21)22-11-13-5-7-14(17)8-6-13;1-2;;/h4-8H,9-11,17H2,1-3H3,(H,18,21);1-2H3;2*1H. The van der Waals surface area contributed by atoms with Crippen LogP contribution in [0.3, 0.4) is 0 Å². The second-order valence-corrected chi connectivity index (χ2v) is 4.94. The van der Waals surface area contributed by atoms with Crippen molar-refractivity contribution >= 4 is 17.7 Å². The number of hydrogen-bond donors (Lipinski definition) is 2. The highest BCUT2D eigenvalue weighted by molar-refractivity contribution is 5.92. The normalized spacial score (nSPS) is 10.3. The maximum Gasteiger partial charge on any atom is 0.407 e. The molecular weight excluding hydrogens is 306 g/mol. The van der Waals surface area contributed by atoms with Gasteiger partial charge in [-0.05, 0) is 31.5 Å². The molecule has 24 heavy (non-hydrogen) atoms. The minimum Gasteiger partial charge on any atom is -0.445 e. The Bertz CT molecular complexity index is 549. The van der Waals surface area contributed by atoms with E-state index in [1.54, 1.807) is 49.2 Å². The molecule has 2 amide bonds. The van der Waals surface area contributed by atoms with Crippen molar-refractivity contribution < 1.29 is 17.2 Å². The van der Waals surface area contributed by atoms with Gasteiger partial charge in [0.05, 0.1) is 0 Å². The summed E-state index contributed by atoms with van der Waals surface area (Å²) in [6, 6.07) is 7.10. The average molecular weight is 339 g/mol. The lowest BCUT2D eigenvalue weighted by atomic mass is 10.2. The van der Waals surface area contributed by atoms with Crippen LogP contribution in [-0.4, -0.2) is 37.0 Å². The van der Waals surface area contributed by atoms with Crippen molar-refractivity contribution in [2.24, 2.45) is 0 Å². The Hall–Kier alpha value is -2.50. The monoisotopic (exact) mass is 339 g/mol. The van der Waals surface area contributed by atoms with Crippen LogP contribution in [0.2, 0.25) is 0 Å². The van der Waals surface area contributed by atoms with E-state index in [0.29, 0.717) is 24.4 Å². The molecule has 0 bridgehead atoms. The third-order valence-corrected chi connectivity index (χ3v) is 3.18. The van der Waals surface area contributed by atoms with Gasteiger partial charge >= 0.3 is 6.09 Å². The van der Waals surface area contributed by atoms with E-state index in [-0.39, 0.29) is 15.4 Å². The van der Waals surface area contributed by atoms with Crippen LogP contribution in [-0.2, 0) is 16.1 Å². The van der Waals surface area contributed by atoms with Gasteiger partial charge in [0.25, 0.3) is 0 Å². The fourth-order valence-corrected chi connectivity index (χ4v) is 1.67. The van der Waals surface area contributed by atoms with E-state index < -0.39 is 6.09 Å². The summed E-state index contributed by atoms with van der Waals surface area (Å²) >= 11 is 0. The number of ether oxygens (including phenoxy) is 1. The molecule has 0 unspecified atom stereocenters. The molecule has 0 heterocycles. The number of allylic oxidation sites excluding steroid dienone is 1. The predicted octanol–water partition coefficient (Wildman–Crippen LogP) is 3.44. The van der Waals surface area contributed by atoms with Gasteiger partial charge in [0.15, 0.2) is 0 Å². The average Bonchev–Trinajstić information content (AvgIpc) is 2.61. The van der Waals surface area contributed by atoms with Crippen molar-refractivity contribution in [1.29, 1.82) is 0 Å². The number of carbonyl (C=O) groups excluding carboxylic acids is 2. The molecule has 1 rings (SSSR count). The SMILES string of the molecule is CC.CC=C(C)C(=O)N(C)CCNC(=O)OCc1ccc(N)cc1.[HH].[HH]. The number of hydrogen-bond acceptors (Lipinski definition) is 4. The summed E-state index contributed by atoms with van der Waals surface area (Å²) in [7, 11) is 1.69. The largest absolute Gasteiger partial charge is 0.445 e. The number of alkyl carbamates (subject to hydrolysis) is 1. The van der Waals surface area contributed by atoms with Crippen molar-refractivity contribution in [3.63, 3.8) is 0 Å². The summed E-state index contributed by atoms with van der Waals surface area (Å²) in [5.74, 6) is -0.0560. The topological polar surface area (TPSA) is 84.7 Å². The molecule has 6 heteroatoms. The molecule has 0 spiro atoms. The minimum absolute atomic E-state index is 0. The molecule has 0 aliphatic heterocycles. The van der Waals surface area contributed by atoms with Gasteiger partial charge in [-0.25, -0.2) is 4.79 Å². The van der Waals surface area contributed by atoms with Gasteiger partial charge < -0.3 is 20.7 Å². The molecule has 0 saturated carbocycles. The molecule has 1 aromatic rings. The van der Waals surface area contributed by atoms with Crippen LogP contribution in [0.1, 0.15) is 36.1 Å².